The summed E-state index contributed by atoms with van der Waals surface area (Å²) in [7, 11) is 0. The standard InChI is InChI=1S/C21H24N2O/c1-21(2,3)24-20-19(15-9-12-16-10-5-4-6-11-16)22-17-13-7-8-14-18(17)23-20/h4-8,10-11,13-14H,9,12,15H2,1-3H3. The lowest BCUT2D eigenvalue weighted by Gasteiger charge is -2.22. The Hall–Kier alpha value is -2.42. The number of ether oxygens (including phenoxy) is 1. The normalized spacial score (nSPS) is 11.6. The molecule has 0 N–H and O–H groups in total. The van der Waals surface area contributed by atoms with Gasteiger partial charge >= 0.3 is 0 Å². The van der Waals surface area contributed by atoms with Crippen LogP contribution in [-0.4, -0.2) is 15.6 Å². The summed E-state index contributed by atoms with van der Waals surface area (Å²) in [5, 5.41) is 0. The summed E-state index contributed by atoms with van der Waals surface area (Å²) >= 11 is 0. The van der Waals surface area contributed by atoms with E-state index in [9.17, 15) is 0 Å². The number of hydrogen-bond acceptors (Lipinski definition) is 3. The van der Waals surface area contributed by atoms with Crippen LogP contribution in [0.5, 0.6) is 5.88 Å². The van der Waals surface area contributed by atoms with E-state index in [4.69, 9.17) is 14.7 Å². The third-order valence-electron chi connectivity index (χ3n) is 3.73. The Kier molecular flexibility index (Phi) is 4.79. The van der Waals surface area contributed by atoms with Crippen LogP contribution in [-0.2, 0) is 12.8 Å². The maximum Gasteiger partial charge on any atom is 0.236 e. The lowest BCUT2D eigenvalue weighted by Crippen LogP contribution is -2.24. The summed E-state index contributed by atoms with van der Waals surface area (Å²) in [6.45, 7) is 6.12. The Morgan fingerprint density at radius 1 is 0.792 bits per heavy atom. The highest BCUT2D eigenvalue weighted by molar-refractivity contribution is 5.74. The van der Waals surface area contributed by atoms with Crippen LogP contribution in [0.25, 0.3) is 11.0 Å². The molecule has 0 spiro atoms. The van der Waals surface area contributed by atoms with Crippen LogP contribution in [0.3, 0.4) is 0 Å². The number of aromatic nitrogens is 2. The van der Waals surface area contributed by atoms with Crippen molar-refractivity contribution in [3.05, 3.63) is 65.9 Å². The van der Waals surface area contributed by atoms with Gasteiger partial charge in [-0.25, -0.2) is 9.97 Å². The molecule has 0 aliphatic heterocycles. The lowest BCUT2D eigenvalue weighted by molar-refractivity contribution is 0.122. The number of fused-ring (bicyclic) bond motifs is 1. The summed E-state index contributed by atoms with van der Waals surface area (Å²) < 4.78 is 6.07. The maximum atomic E-state index is 6.07. The van der Waals surface area contributed by atoms with Gasteiger partial charge in [0, 0.05) is 0 Å². The molecule has 0 radical (unpaired) electrons. The van der Waals surface area contributed by atoms with E-state index in [2.05, 4.69) is 24.3 Å². The van der Waals surface area contributed by atoms with Gasteiger partial charge in [-0.3, -0.25) is 0 Å². The van der Waals surface area contributed by atoms with Crippen LogP contribution >= 0.6 is 0 Å². The summed E-state index contributed by atoms with van der Waals surface area (Å²) in [5.74, 6) is 0.661. The summed E-state index contributed by atoms with van der Waals surface area (Å²) in [4.78, 5) is 9.50. The number of hydrogen-bond donors (Lipinski definition) is 0. The van der Waals surface area contributed by atoms with Gasteiger partial charge in [0.25, 0.3) is 0 Å². The lowest BCUT2D eigenvalue weighted by atomic mass is 10.1. The first-order valence-electron chi connectivity index (χ1n) is 8.50. The average molecular weight is 320 g/mol. The molecule has 0 fully saturated rings. The van der Waals surface area contributed by atoms with Gasteiger partial charge in [-0.05, 0) is 57.7 Å². The summed E-state index contributed by atoms with van der Waals surface area (Å²) in [6.07, 6.45) is 2.92. The minimum absolute atomic E-state index is 0.286. The third kappa shape index (κ3) is 4.31. The Bertz CT molecular complexity index is 807. The van der Waals surface area contributed by atoms with E-state index in [1.807, 2.05) is 51.1 Å². The van der Waals surface area contributed by atoms with Crippen molar-refractivity contribution in [2.75, 3.05) is 0 Å². The van der Waals surface area contributed by atoms with Crippen LogP contribution in [0.4, 0.5) is 0 Å². The molecule has 3 heteroatoms. The fraction of sp³-hybridized carbons (Fsp3) is 0.333. The highest BCUT2D eigenvalue weighted by atomic mass is 16.5. The van der Waals surface area contributed by atoms with Gasteiger partial charge in [0.1, 0.15) is 11.3 Å². The van der Waals surface area contributed by atoms with Crippen molar-refractivity contribution in [2.45, 2.75) is 45.6 Å². The van der Waals surface area contributed by atoms with Crippen LogP contribution in [0.15, 0.2) is 54.6 Å². The van der Waals surface area contributed by atoms with E-state index in [0.29, 0.717) is 5.88 Å². The van der Waals surface area contributed by atoms with Gasteiger partial charge in [-0.1, -0.05) is 42.5 Å². The molecular formula is C21H24N2O. The number of nitrogens with zero attached hydrogens (tertiary/aromatic N) is 2. The van der Waals surface area contributed by atoms with Crippen LogP contribution in [0, 0.1) is 0 Å². The molecule has 3 rings (SSSR count). The van der Waals surface area contributed by atoms with E-state index in [1.165, 1.54) is 5.56 Å². The second-order valence-corrected chi connectivity index (χ2v) is 7.02. The quantitative estimate of drug-likeness (QED) is 0.665. The molecule has 124 valence electrons. The zero-order valence-electron chi connectivity index (χ0n) is 14.6. The molecule has 3 nitrogen and oxygen atoms in total. The van der Waals surface area contributed by atoms with E-state index in [1.54, 1.807) is 0 Å². The predicted octanol–water partition coefficient (Wildman–Crippen LogP) is 4.98. The molecule has 3 aromatic rings. The third-order valence-corrected chi connectivity index (χ3v) is 3.73. The molecule has 1 aromatic heterocycles. The second kappa shape index (κ2) is 7.00. The molecule has 24 heavy (non-hydrogen) atoms. The van der Waals surface area contributed by atoms with Crippen molar-refractivity contribution in [2.24, 2.45) is 0 Å². The van der Waals surface area contributed by atoms with E-state index in [-0.39, 0.29) is 5.60 Å². The van der Waals surface area contributed by atoms with Gasteiger partial charge in [0.2, 0.25) is 5.88 Å². The van der Waals surface area contributed by atoms with Gasteiger partial charge in [0.05, 0.1) is 11.0 Å². The summed E-state index contributed by atoms with van der Waals surface area (Å²) in [6, 6.07) is 18.5. The van der Waals surface area contributed by atoms with Crippen LogP contribution in [0.1, 0.15) is 38.4 Å². The van der Waals surface area contributed by atoms with Crippen molar-refractivity contribution >= 4 is 11.0 Å². The van der Waals surface area contributed by atoms with E-state index in [0.717, 1.165) is 36.0 Å². The molecule has 2 aromatic carbocycles. The van der Waals surface area contributed by atoms with Crippen molar-refractivity contribution in [3.63, 3.8) is 0 Å². The minimum atomic E-state index is -0.286. The molecular weight excluding hydrogens is 296 g/mol. The first kappa shape index (κ1) is 16.4. The molecule has 0 atom stereocenters. The molecule has 1 heterocycles. The fourth-order valence-corrected chi connectivity index (χ4v) is 2.66. The van der Waals surface area contributed by atoms with Crippen molar-refractivity contribution in [3.8, 4) is 5.88 Å². The summed E-state index contributed by atoms with van der Waals surface area (Å²) in [5.41, 5.74) is 3.81. The largest absolute Gasteiger partial charge is 0.471 e. The SMILES string of the molecule is CC(C)(C)Oc1nc2ccccc2nc1CCCc1ccccc1. The molecule has 0 bridgehead atoms. The molecule has 0 amide bonds. The Morgan fingerprint density at radius 3 is 2.08 bits per heavy atom. The zero-order chi connectivity index (χ0) is 17.0. The topological polar surface area (TPSA) is 35.0 Å². The average Bonchev–Trinajstić information content (AvgIpc) is 2.55. The zero-order valence-corrected chi connectivity index (χ0v) is 14.6. The van der Waals surface area contributed by atoms with Crippen molar-refractivity contribution in [1.29, 1.82) is 0 Å². The Balaban J connectivity index is 1.82. The number of benzene rings is 2. The molecule has 0 saturated heterocycles. The van der Waals surface area contributed by atoms with Gasteiger partial charge < -0.3 is 4.74 Å². The van der Waals surface area contributed by atoms with Gasteiger partial charge in [0.15, 0.2) is 0 Å². The predicted molar refractivity (Wildman–Crippen MR) is 98.4 cm³/mol. The molecule has 0 saturated carbocycles. The van der Waals surface area contributed by atoms with Crippen LogP contribution in [0.2, 0.25) is 0 Å². The van der Waals surface area contributed by atoms with Crippen LogP contribution < -0.4 is 4.74 Å². The number of para-hydroxylation sites is 2. The van der Waals surface area contributed by atoms with Crippen molar-refractivity contribution < 1.29 is 4.74 Å². The first-order valence-corrected chi connectivity index (χ1v) is 8.50. The molecule has 0 aliphatic carbocycles. The smallest absolute Gasteiger partial charge is 0.236 e. The highest BCUT2D eigenvalue weighted by Gasteiger charge is 2.17. The second-order valence-electron chi connectivity index (χ2n) is 7.02. The van der Waals surface area contributed by atoms with E-state index >= 15 is 0 Å². The maximum absolute atomic E-state index is 6.07. The van der Waals surface area contributed by atoms with Gasteiger partial charge in [-0.2, -0.15) is 0 Å². The minimum Gasteiger partial charge on any atom is -0.471 e. The van der Waals surface area contributed by atoms with Crippen molar-refractivity contribution in [1.82, 2.24) is 9.97 Å². The Morgan fingerprint density at radius 2 is 1.42 bits per heavy atom. The fourth-order valence-electron chi connectivity index (χ4n) is 2.66. The number of aryl methyl sites for hydroxylation is 2. The van der Waals surface area contributed by atoms with E-state index < -0.39 is 0 Å². The Labute approximate surface area is 143 Å². The first-order chi connectivity index (χ1) is 11.5. The van der Waals surface area contributed by atoms with Gasteiger partial charge in [-0.15, -0.1) is 0 Å². The highest BCUT2D eigenvalue weighted by Crippen LogP contribution is 2.24. The molecule has 0 unspecified atom stereocenters. The number of rotatable bonds is 5. The monoisotopic (exact) mass is 320 g/mol. The molecule has 0 aliphatic rings.